The smallest absolute Gasteiger partial charge is 0.0361 e. The zero-order valence-corrected chi connectivity index (χ0v) is 10.6. The van der Waals surface area contributed by atoms with Gasteiger partial charge in [-0.05, 0) is 37.8 Å². The third-order valence-corrected chi connectivity index (χ3v) is 3.40. The van der Waals surface area contributed by atoms with Gasteiger partial charge in [0.05, 0.1) is 0 Å². The molecule has 90 valence electrons. The molecule has 0 bridgehead atoms. The van der Waals surface area contributed by atoms with Crippen LogP contribution in [0, 0.1) is 5.92 Å². The van der Waals surface area contributed by atoms with Crippen LogP contribution >= 0.6 is 0 Å². The minimum absolute atomic E-state index is 0.664. The lowest BCUT2D eigenvalue weighted by molar-refractivity contribution is 0.475. The van der Waals surface area contributed by atoms with E-state index >= 15 is 0 Å². The van der Waals surface area contributed by atoms with Gasteiger partial charge in [-0.25, -0.2) is 0 Å². The van der Waals surface area contributed by atoms with Crippen LogP contribution < -0.4 is 5.32 Å². The number of hydrogen-bond acceptors (Lipinski definition) is 1. The zero-order valence-electron chi connectivity index (χ0n) is 10.6. The van der Waals surface area contributed by atoms with Crippen LogP contribution in [-0.4, -0.2) is 10.6 Å². The quantitative estimate of drug-likeness (QED) is 0.747. The average molecular weight is 220 g/mol. The largest absolute Gasteiger partial charge is 0.350 e. The minimum atomic E-state index is 0.664. The summed E-state index contributed by atoms with van der Waals surface area (Å²) in [6, 6.07) is 5.04. The number of nitrogens with one attached hydrogen (secondary N) is 1. The molecule has 1 heterocycles. The summed E-state index contributed by atoms with van der Waals surface area (Å²) in [4.78, 5) is 0. The summed E-state index contributed by atoms with van der Waals surface area (Å²) >= 11 is 0. The molecule has 1 aliphatic rings. The average Bonchev–Trinajstić information content (AvgIpc) is 2.95. The van der Waals surface area contributed by atoms with Crippen LogP contribution in [0.5, 0.6) is 0 Å². The topological polar surface area (TPSA) is 17.0 Å². The monoisotopic (exact) mass is 220 g/mol. The van der Waals surface area contributed by atoms with E-state index in [1.54, 1.807) is 0 Å². The van der Waals surface area contributed by atoms with E-state index in [0.717, 1.165) is 19.0 Å². The predicted molar refractivity (Wildman–Crippen MR) is 68.4 cm³/mol. The Morgan fingerprint density at radius 3 is 3.00 bits per heavy atom. The Bertz CT molecular complexity index is 312. The van der Waals surface area contributed by atoms with E-state index in [2.05, 4.69) is 42.1 Å². The van der Waals surface area contributed by atoms with Gasteiger partial charge in [0.1, 0.15) is 0 Å². The molecule has 1 unspecified atom stereocenters. The Morgan fingerprint density at radius 2 is 2.31 bits per heavy atom. The Kier molecular flexibility index (Phi) is 4.05. The van der Waals surface area contributed by atoms with Crippen molar-refractivity contribution in [3.05, 3.63) is 24.0 Å². The lowest BCUT2D eigenvalue weighted by Crippen LogP contribution is -2.27. The number of aromatic nitrogens is 1. The Balaban J connectivity index is 1.76. The zero-order chi connectivity index (χ0) is 11.4. The summed E-state index contributed by atoms with van der Waals surface area (Å²) in [5.41, 5.74) is 1.42. The van der Waals surface area contributed by atoms with Crippen molar-refractivity contribution in [2.45, 2.75) is 58.7 Å². The number of rotatable bonds is 7. The van der Waals surface area contributed by atoms with Crippen molar-refractivity contribution >= 4 is 0 Å². The summed E-state index contributed by atoms with van der Waals surface area (Å²) in [6.45, 7) is 6.69. The van der Waals surface area contributed by atoms with E-state index in [4.69, 9.17) is 0 Å². The summed E-state index contributed by atoms with van der Waals surface area (Å²) in [5.74, 6) is 1.02. The third kappa shape index (κ3) is 3.38. The molecule has 16 heavy (non-hydrogen) atoms. The van der Waals surface area contributed by atoms with E-state index in [-0.39, 0.29) is 0 Å². The van der Waals surface area contributed by atoms with Crippen LogP contribution in [-0.2, 0) is 13.1 Å². The normalized spacial score (nSPS) is 17.6. The Labute approximate surface area is 99.0 Å². The first-order valence-electron chi connectivity index (χ1n) is 6.67. The van der Waals surface area contributed by atoms with Gasteiger partial charge in [-0.3, -0.25) is 0 Å². The molecule has 0 radical (unpaired) electrons. The number of aryl methyl sites for hydroxylation is 1. The highest BCUT2D eigenvalue weighted by molar-refractivity contribution is 5.07. The van der Waals surface area contributed by atoms with Crippen LogP contribution in [0.1, 0.15) is 45.2 Å². The van der Waals surface area contributed by atoms with Gasteiger partial charge in [-0.15, -0.1) is 0 Å². The molecule has 0 saturated heterocycles. The van der Waals surface area contributed by atoms with E-state index in [1.165, 1.54) is 31.4 Å². The molecule has 0 amide bonds. The predicted octanol–water partition coefficient (Wildman–Crippen LogP) is 3.18. The first kappa shape index (κ1) is 11.7. The number of hydrogen-bond donors (Lipinski definition) is 1. The van der Waals surface area contributed by atoms with Crippen molar-refractivity contribution < 1.29 is 0 Å². The van der Waals surface area contributed by atoms with Gasteiger partial charge < -0.3 is 9.88 Å². The molecule has 1 aromatic heterocycles. The summed E-state index contributed by atoms with van der Waals surface area (Å²) in [7, 11) is 0. The van der Waals surface area contributed by atoms with Crippen molar-refractivity contribution in [1.82, 2.24) is 9.88 Å². The summed E-state index contributed by atoms with van der Waals surface area (Å²) in [6.07, 6.45) is 7.66. The molecule has 0 aliphatic heterocycles. The molecule has 0 aromatic carbocycles. The second-order valence-corrected chi connectivity index (χ2v) is 5.15. The molecule has 1 aliphatic carbocycles. The molecule has 1 aromatic rings. The van der Waals surface area contributed by atoms with Crippen molar-refractivity contribution in [3.63, 3.8) is 0 Å². The molecule has 2 rings (SSSR count). The molecule has 1 saturated carbocycles. The lowest BCUT2D eigenvalue weighted by atomic mass is 10.1. The van der Waals surface area contributed by atoms with E-state index in [9.17, 15) is 0 Å². The maximum atomic E-state index is 3.63. The Hall–Kier alpha value is -0.760. The highest BCUT2D eigenvalue weighted by Crippen LogP contribution is 2.33. The molecular formula is C14H24N2. The fraction of sp³-hybridized carbons (Fsp3) is 0.714. The SMILES string of the molecule is CCCn1cccc1CNC(C)CC1CC1. The fourth-order valence-corrected chi connectivity index (χ4v) is 2.28. The van der Waals surface area contributed by atoms with E-state index in [1.807, 2.05) is 0 Å². The molecule has 1 N–H and O–H groups in total. The van der Waals surface area contributed by atoms with Gasteiger partial charge in [0.2, 0.25) is 0 Å². The van der Waals surface area contributed by atoms with E-state index in [0.29, 0.717) is 6.04 Å². The summed E-state index contributed by atoms with van der Waals surface area (Å²) in [5, 5.41) is 3.63. The Morgan fingerprint density at radius 1 is 1.50 bits per heavy atom. The first-order valence-corrected chi connectivity index (χ1v) is 6.67. The maximum Gasteiger partial charge on any atom is 0.0361 e. The van der Waals surface area contributed by atoms with Gasteiger partial charge in [-0.2, -0.15) is 0 Å². The van der Waals surface area contributed by atoms with Crippen LogP contribution in [0.2, 0.25) is 0 Å². The highest BCUT2D eigenvalue weighted by Gasteiger charge is 2.23. The van der Waals surface area contributed by atoms with Crippen molar-refractivity contribution in [2.24, 2.45) is 5.92 Å². The second-order valence-electron chi connectivity index (χ2n) is 5.15. The van der Waals surface area contributed by atoms with Crippen molar-refractivity contribution in [1.29, 1.82) is 0 Å². The van der Waals surface area contributed by atoms with Gasteiger partial charge in [0, 0.05) is 31.0 Å². The van der Waals surface area contributed by atoms with E-state index < -0.39 is 0 Å². The van der Waals surface area contributed by atoms with Crippen molar-refractivity contribution in [3.8, 4) is 0 Å². The van der Waals surface area contributed by atoms with Crippen LogP contribution in [0.15, 0.2) is 18.3 Å². The first-order chi connectivity index (χ1) is 7.79. The second kappa shape index (κ2) is 5.53. The minimum Gasteiger partial charge on any atom is -0.350 e. The van der Waals surface area contributed by atoms with Crippen LogP contribution in [0.3, 0.4) is 0 Å². The van der Waals surface area contributed by atoms with Crippen molar-refractivity contribution in [2.75, 3.05) is 0 Å². The molecule has 2 nitrogen and oxygen atoms in total. The highest BCUT2D eigenvalue weighted by atomic mass is 15.0. The standard InChI is InChI=1S/C14H24N2/c1-3-8-16-9-4-5-14(16)11-15-12(2)10-13-6-7-13/h4-5,9,12-13,15H,3,6-8,10-11H2,1-2H3. The molecule has 0 spiro atoms. The molecule has 1 fully saturated rings. The third-order valence-electron chi connectivity index (χ3n) is 3.40. The molecule has 2 heteroatoms. The summed E-state index contributed by atoms with van der Waals surface area (Å²) < 4.78 is 2.36. The van der Waals surface area contributed by atoms with Crippen LogP contribution in [0.4, 0.5) is 0 Å². The molecule has 1 atom stereocenters. The van der Waals surface area contributed by atoms with Gasteiger partial charge in [0.15, 0.2) is 0 Å². The van der Waals surface area contributed by atoms with Gasteiger partial charge >= 0.3 is 0 Å². The fourth-order valence-electron chi connectivity index (χ4n) is 2.28. The maximum absolute atomic E-state index is 3.63. The number of nitrogens with zero attached hydrogens (tertiary/aromatic N) is 1. The van der Waals surface area contributed by atoms with Crippen LogP contribution in [0.25, 0.3) is 0 Å². The van der Waals surface area contributed by atoms with Gasteiger partial charge in [-0.1, -0.05) is 19.8 Å². The lowest BCUT2D eigenvalue weighted by Gasteiger charge is -2.14. The van der Waals surface area contributed by atoms with Gasteiger partial charge in [0.25, 0.3) is 0 Å². The molecular weight excluding hydrogens is 196 g/mol.